The third-order valence-electron chi connectivity index (χ3n) is 4.32. The van der Waals surface area contributed by atoms with Crippen LogP contribution in [0.25, 0.3) is 0 Å². The van der Waals surface area contributed by atoms with E-state index in [2.05, 4.69) is 15.1 Å². The lowest BCUT2D eigenvalue weighted by molar-refractivity contribution is -0.384. The van der Waals surface area contributed by atoms with Gasteiger partial charge < -0.3 is 10.2 Å². The van der Waals surface area contributed by atoms with Crippen molar-refractivity contribution in [3.63, 3.8) is 0 Å². The zero-order valence-electron chi connectivity index (χ0n) is 11.7. The number of aryl methyl sites for hydroxylation is 1. The predicted octanol–water partition coefficient (Wildman–Crippen LogP) is 0.997. The highest BCUT2D eigenvalue weighted by atomic mass is 16.6. The molecule has 2 fully saturated rings. The van der Waals surface area contributed by atoms with Crippen molar-refractivity contribution >= 4 is 11.4 Å². The number of nitrogens with one attached hydrogen (secondary N) is 1. The maximum atomic E-state index is 11.2. The Hall–Kier alpha value is -1.66. The SMILES string of the molecule is Cc1cccc([N+](=O)[O-])c1N1CCN(C2CNC2)CC1. The Balaban J connectivity index is 1.75. The van der Waals surface area contributed by atoms with Crippen LogP contribution >= 0.6 is 0 Å². The summed E-state index contributed by atoms with van der Waals surface area (Å²) in [5.41, 5.74) is 2.01. The second-order valence-corrected chi connectivity index (χ2v) is 5.53. The molecule has 1 N–H and O–H groups in total. The third kappa shape index (κ3) is 2.36. The van der Waals surface area contributed by atoms with Crippen LogP contribution in [0.1, 0.15) is 5.56 Å². The first-order valence-corrected chi connectivity index (χ1v) is 7.10. The fourth-order valence-electron chi connectivity index (χ4n) is 3.04. The predicted molar refractivity (Wildman–Crippen MR) is 78.3 cm³/mol. The minimum absolute atomic E-state index is 0.226. The smallest absolute Gasteiger partial charge is 0.292 e. The maximum absolute atomic E-state index is 11.2. The fraction of sp³-hybridized carbons (Fsp3) is 0.571. The number of nitro benzene ring substituents is 1. The van der Waals surface area contributed by atoms with Gasteiger partial charge in [-0.15, -0.1) is 0 Å². The molecule has 2 saturated heterocycles. The van der Waals surface area contributed by atoms with Gasteiger partial charge in [-0.25, -0.2) is 0 Å². The molecule has 2 heterocycles. The molecule has 0 aliphatic carbocycles. The first-order chi connectivity index (χ1) is 9.66. The number of anilines is 1. The van der Waals surface area contributed by atoms with Crippen molar-refractivity contribution in [2.75, 3.05) is 44.2 Å². The number of nitrogens with zero attached hydrogens (tertiary/aromatic N) is 3. The monoisotopic (exact) mass is 276 g/mol. The first kappa shape index (κ1) is 13.3. The van der Waals surface area contributed by atoms with Crippen molar-refractivity contribution in [3.05, 3.63) is 33.9 Å². The lowest BCUT2D eigenvalue weighted by Crippen LogP contribution is -2.61. The van der Waals surface area contributed by atoms with E-state index < -0.39 is 0 Å². The van der Waals surface area contributed by atoms with Crippen molar-refractivity contribution in [1.29, 1.82) is 0 Å². The summed E-state index contributed by atoms with van der Waals surface area (Å²) in [6.45, 7) is 7.79. The van der Waals surface area contributed by atoms with Gasteiger partial charge in [0.05, 0.1) is 4.92 Å². The maximum Gasteiger partial charge on any atom is 0.292 e. The van der Waals surface area contributed by atoms with Crippen molar-refractivity contribution < 1.29 is 4.92 Å². The second kappa shape index (κ2) is 5.38. The van der Waals surface area contributed by atoms with Gasteiger partial charge in [0, 0.05) is 51.4 Å². The molecule has 0 atom stereocenters. The first-order valence-electron chi connectivity index (χ1n) is 7.10. The van der Waals surface area contributed by atoms with Crippen LogP contribution in [0.2, 0.25) is 0 Å². The van der Waals surface area contributed by atoms with E-state index in [1.165, 1.54) is 0 Å². The summed E-state index contributed by atoms with van der Waals surface area (Å²) in [6, 6.07) is 5.96. The van der Waals surface area contributed by atoms with Crippen molar-refractivity contribution in [3.8, 4) is 0 Å². The Morgan fingerprint density at radius 3 is 2.50 bits per heavy atom. The highest BCUT2D eigenvalue weighted by molar-refractivity contribution is 5.67. The van der Waals surface area contributed by atoms with Crippen LogP contribution < -0.4 is 10.2 Å². The molecule has 0 radical (unpaired) electrons. The van der Waals surface area contributed by atoms with Crippen molar-refractivity contribution in [1.82, 2.24) is 10.2 Å². The molecule has 108 valence electrons. The van der Waals surface area contributed by atoms with Crippen LogP contribution in [0.5, 0.6) is 0 Å². The molecule has 3 rings (SSSR count). The summed E-state index contributed by atoms with van der Waals surface area (Å²) in [6.07, 6.45) is 0. The average molecular weight is 276 g/mol. The van der Waals surface area contributed by atoms with Crippen LogP contribution in [0.4, 0.5) is 11.4 Å². The minimum atomic E-state index is -0.273. The van der Waals surface area contributed by atoms with Gasteiger partial charge in [0.2, 0.25) is 0 Å². The van der Waals surface area contributed by atoms with Gasteiger partial charge in [0.15, 0.2) is 0 Å². The van der Waals surface area contributed by atoms with Gasteiger partial charge in [0.1, 0.15) is 5.69 Å². The Morgan fingerprint density at radius 1 is 1.25 bits per heavy atom. The molecule has 1 aromatic carbocycles. The number of hydrogen-bond acceptors (Lipinski definition) is 5. The summed E-state index contributed by atoms with van der Waals surface area (Å²) in [4.78, 5) is 15.6. The molecule has 0 spiro atoms. The van der Waals surface area contributed by atoms with E-state index in [0.717, 1.165) is 50.5 Å². The number of rotatable bonds is 3. The summed E-state index contributed by atoms with van der Waals surface area (Å²) in [7, 11) is 0. The van der Waals surface area contributed by atoms with E-state index in [4.69, 9.17) is 0 Å². The Kier molecular flexibility index (Phi) is 3.58. The Morgan fingerprint density at radius 2 is 1.95 bits per heavy atom. The molecule has 2 aliphatic rings. The Bertz CT molecular complexity index is 508. The lowest BCUT2D eigenvalue weighted by Gasteiger charge is -2.43. The zero-order chi connectivity index (χ0) is 14.1. The number of para-hydroxylation sites is 1. The molecule has 20 heavy (non-hydrogen) atoms. The van der Waals surface area contributed by atoms with Crippen LogP contribution in [0, 0.1) is 17.0 Å². The normalized spacial score (nSPS) is 20.8. The number of hydrogen-bond donors (Lipinski definition) is 1. The highest BCUT2D eigenvalue weighted by Gasteiger charge is 2.30. The molecular formula is C14H20N4O2. The zero-order valence-corrected chi connectivity index (χ0v) is 11.7. The van der Waals surface area contributed by atoms with E-state index in [1.807, 2.05) is 13.0 Å². The third-order valence-corrected chi connectivity index (χ3v) is 4.32. The van der Waals surface area contributed by atoms with E-state index in [1.54, 1.807) is 12.1 Å². The molecule has 0 unspecified atom stereocenters. The molecule has 1 aromatic rings. The average Bonchev–Trinajstić information content (AvgIpc) is 2.37. The number of piperazine rings is 1. The van der Waals surface area contributed by atoms with Crippen LogP contribution in [-0.4, -0.2) is 55.1 Å². The topological polar surface area (TPSA) is 61.7 Å². The van der Waals surface area contributed by atoms with Crippen LogP contribution in [0.3, 0.4) is 0 Å². The summed E-state index contributed by atoms with van der Waals surface area (Å²) in [5.74, 6) is 0. The van der Waals surface area contributed by atoms with Crippen LogP contribution in [0.15, 0.2) is 18.2 Å². The minimum Gasteiger partial charge on any atom is -0.363 e. The molecule has 0 bridgehead atoms. The van der Waals surface area contributed by atoms with Crippen molar-refractivity contribution in [2.45, 2.75) is 13.0 Å². The highest BCUT2D eigenvalue weighted by Crippen LogP contribution is 2.32. The van der Waals surface area contributed by atoms with E-state index in [-0.39, 0.29) is 10.6 Å². The van der Waals surface area contributed by atoms with E-state index in [9.17, 15) is 10.1 Å². The molecule has 2 aliphatic heterocycles. The van der Waals surface area contributed by atoms with Gasteiger partial charge in [-0.1, -0.05) is 12.1 Å². The van der Waals surface area contributed by atoms with Gasteiger partial charge in [-0.3, -0.25) is 15.0 Å². The lowest BCUT2D eigenvalue weighted by atomic mass is 10.1. The Labute approximate surface area is 118 Å². The summed E-state index contributed by atoms with van der Waals surface area (Å²) in [5, 5.41) is 14.5. The van der Waals surface area contributed by atoms with Gasteiger partial charge in [-0.2, -0.15) is 0 Å². The van der Waals surface area contributed by atoms with Crippen LogP contribution in [-0.2, 0) is 0 Å². The molecule has 0 aromatic heterocycles. The van der Waals surface area contributed by atoms with Gasteiger partial charge in [-0.05, 0) is 12.5 Å². The quantitative estimate of drug-likeness (QED) is 0.659. The van der Waals surface area contributed by atoms with Gasteiger partial charge in [0.25, 0.3) is 5.69 Å². The second-order valence-electron chi connectivity index (χ2n) is 5.53. The van der Waals surface area contributed by atoms with E-state index >= 15 is 0 Å². The molecule has 6 nitrogen and oxygen atoms in total. The van der Waals surface area contributed by atoms with Gasteiger partial charge >= 0.3 is 0 Å². The molecule has 0 saturated carbocycles. The largest absolute Gasteiger partial charge is 0.363 e. The summed E-state index contributed by atoms with van der Waals surface area (Å²) >= 11 is 0. The summed E-state index contributed by atoms with van der Waals surface area (Å²) < 4.78 is 0. The molecular weight excluding hydrogens is 256 g/mol. The standard InChI is InChI=1S/C14H20N4O2/c1-11-3-2-4-13(18(19)20)14(11)17-7-5-16(6-8-17)12-9-15-10-12/h2-4,12,15H,5-10H2,1H3. The number of benzene rings is 1. The number of nitro groups is 1. The van der Waals surface area contributed by atoms with Crippen molar-refractivity contribution in [2.24, 2.45) is 0 Å². The fourth-order valence-corrected chi connectivity index (χ4v) is 3.04. The van der Waals surface area contributed by atoms with E-state index in [0.29, 0.717) is 6.04 Å². The molecule has 0 amide bonds. The molecule has 6 heteroatoms.